The van der Waals surface area contributed by atoms with Gasteiger partial charge in [0.1, 0.15) is 0 Å². The van der Waals surface area contributed by atoms with Crippen LogP contribution in [0.3, 0.4) is 0 Å². The van der Waals surface area contributed by atoms with Gasteiger partial charge >= 0.3 is 5.76 Å². The Hall–Kier alpha value is -2.57. The third-order valence-electron chi connectivity index (χ3n) is 3.01. The summed E-state index contributed by atoms with van der Waals surface area (Å²) in [6.07, 6.45) is -1.17. The van der Waals surface area contributed by atoms with Crippen molar-refractivity contribution >= 4 is 17.0 Å². The van der Waals surface area contributed by atoms with Gasteiger partial charge in [-0.05, 0) is 17.7 Å². The summed E-state index contributed by atoms with van der Waals surface area (Å²) in [4.78, 5) is 26.5. The molecule has 0 saturated heterocycles. The maximum atomic E-state index is 12.3. The van der Waals surface area contributed by atoms with Crippen LogP contribution in [0.25, 0.3) is 21.5 Å². The fraction of sp³-hybridized carbons (Fsp3) is 0.333. The number of hydrogen-bond acceptors (Lipinski definition) is 5. The molecule has 2 rings (SSSR count). The number of para-hydroxylation sites is 2. The largest absolute Gasteiger partial charge is 0.426 e. The summed E-state index contributed by atoms with van der Waals surface area (Å²) in [5.41, 5.74) is 8.83. The van der Waals surface area contributed by atoms with Gasteiger partial charge in [0, 0.05) is 4.91 Å². The fourth-order valence-corrected chi connectivity index (χ4v) is 1.82. The topological polar surface area (TPSA) is 121 Å². The molecule has 104 valence electrons. The van der Waals surface area contributed by atoms with Gasteiger partial charge in [0.05, 0.1) is 24.1 Å². The highest BCUT2D eigenvalue weighted by atomic mass is 16.4. The number of carbonyl (C=O) groups is 1. The summed E-state index contributed by atoms with van der Waals surface area (Å²) in [5.74, 6) is -2.32. The highest BCUT2D eigenvalue weighted by Gasteiger charge is 2.26. The second kappa shape index (κ2) is 5.60. The van der Waals surface area contributed by atoms with Crippen molar-refractivity contribution < 1.29 is 14.3 Å². The molecule has 0 unspecified atom stereocenters. The molecule has 0 aliphatic carbocycles. The second-order valence-electron chi connectivity index (χ2n) is 4.28. The summed E-state index contributed by atoms with van der Waals surface area (Å²) in [7, 11) is 0. The normalized spacial score (nSPS) is 13.7. The summed E-state index contributed by atoms with van der Waals surface area (Å²) < 4.78 is 5.83. The predicted molar refractivity (Wildman–Crippen MR) is 70.3 cm³/mol. The van der Waals surface area contributed by atoms with Crippen LogP contribution in [0.1, 0.15) is 11.7 Å². The van der Waals surface area contributed by atoms with E-state index in [1.807, 2.05) is 0 Å². The lowest BCUT2D eigenvalue weighted by atomic mass is 10.0. The molecule has 0 spiro atoms. The van der Waals surface area contributed by atoms with Crippen LogP contribution in [-0.4, -0.2) is 28.2 Å². The van der Waals surface area contributed by atoms with E-state index in [1.54, 1.807) is 24.3 Å². The van der Waals surface area contributed by atoms with E-state index in [0.717, 1.165) is 4.57 Å². The minimum Gasteiger partial charge on any atom is -0.407 e. The van der Waals surface area contributed by atoms with Crippen molar-refractivity contribution in [1.29, 1.82) is 0 Å². The maximum absolute atomic E-state index is 12.3. The first-order valence-corrected chi connectivity index (χ1v) is 5.90. The average molecular weight is 276 g/mol. The summed E-state index contributed by atoms with van der Waals surface area (Å²) in [5, 5.41) is 13.0. The molecule has 0 saturated carbocycles. The lowest BCUT2D eigenvalue weighted by molar-refractivity contribution is 0.0648. The molecule has 0 aliphatic rings. The summed E-state index contributed by atoms with van der Waals surface area (Å²) in [6, 6.07) is 6.49. The number of hydrogen-bond donors (Lipinski definition) is 1. The molecule has 0 bridgehead atoms. The zero-order valence-electron chi connectivity index (χ0n) is 10.6. The van der Waals surface area contributed by atoms with Crippen LogP contribution < -0.4 is 5.76 Å². The number of nitrogens with zero attached hydrogens (tertiary/aromatic N) is 4. The Labute approximate surface area is 112 Å². The molecule has 1 aromatic carbocycles. The average Bonchev–Trinajstić information content (AvgIpc) is 2.78. The van der Waals surface area contributed by atoms with Gasteiger partial charge in [0.15, 0.2) is 5.58 Å². The Morgan fingerprint density at radius 3 is 2.95 bits per heavy atom. The van der Waals surface area contributed by atoms with E-state index < -0.39 is 23.7 Å². The van der Waals surface area contributed by atoms with E-state index in [4.69, 9.17) is 9.95 Å². The second-order valence-corrected chi connectivity index (χ2v) is 4.28. The molecule has 0 amide bonds. The lowest BCUT2D eigenvalue weighted by Gasteiger charge is -2.15. The lowest BCUT2D eigenvalue weighted by Crippen LogP contribution is -2.35. The standard InChI is InChI=1S/C12H12N4O4/c1-7(9(17)6-14-15-13)11(18)16-8-4-2-3-5-10(8)20-12(16)19/h2-5,7,9,17H,6H2,1H3/t7-,9+/m0/s1. The van der Waals surface area contributed by atoms with Crippen molar-refractivity contribution in [3.8, 4) is 0 Å². The molecule has 2 aromatic rings. The molecule has 20 heavy (non-hydrogen) atoms. The van der Waals surface area contributed by atoms with Crippen LogP contribution in [0.2, 0.25) is 0 Å². The number of rotatable bonds is 4. The highest BCUT2D eigenvalue weighted by molar-refractivity contribution is 5.90. The van der Waals surface area contributed by atoms with Gasteiger partial charge in [-0.3, -0.25) is 4.79 Å². The van der Waals surface area contributed by atoms with Crippen molar-refractivity contribution in [2.75, 3.05) is 6.54 Å². The zero-order valence-corrected chi connectivity index (χ0v) is 10.6. The Balaban J connectivity index is 2.38. The Bertz CT molecular complexity index is 741. The van der Waals surface area contributed by atoms with Gasteiger partial charge in [0.25, 0.3) is 0 Å². The Morgan fingerprint density at radius 1 is 1.55 bits per heavy atom. The van der Waals surface area contributed by atoms with E-state index in [-0.39, 0.29) is 6.54 Å². The van der Waals surface area contributed by atoms with Gasteiger partial charge < -0.3 is 9.52 Å². The number of aliphatic hydroxyl groups is 1. The van der Waals surface area contributed by atoms with Crippen molar-refractivity contribution in [2.24, 2.45) is 11.0 Å². The zero-order chi connectivity index (χ0) is 14.7. The molecule has 8 heteroatoms. The SMILES string of the molecule is C[C@H](C(=O)n1c(=O)oc2ccccc21)[C@H](O)CN=[N+]=[N-]. The van der Waals surface area contributed by atoms with Crippen molar-refractivity contribution in [1.82, 2.24) is 4.57 Å². The minimum absolute atomic E-state index is 0.242. The molecule has 1 heterocycles. The number of aliphatic hydroxyl groups excluding tert-OH is 1. The van der Waals surface area contributed by atoms with Crippen LogP contribution in [0.5, 0.6) is 0 Å². The number of fused-ring (bicyclic) bond motifs is 1. The van der Waals surface area contributed by atoms with E-state index in [9.17, 15) is 14.7 Å². The minimum atomic E-state index is -1.17. The summed E-state index contributed by atoms with van der Waals surface area (Å²) in [6.45, 7) is 1.21. The molecule has 0 aliphatic heterocycles. The first kappa shape index (κ1) is 13.9. The van der Waals surface area contributed by atoms with Crippen molar-refractivity contribution in [3.05, 3.63) is 45.3 Å². The molecular formula is C12H12N4O4. The highest BCUT2D eigenvalue weighted by Crippen LogP contribution is 2.15. The number of carbonyl (C=O) groups excluding carboxylic acids is 1. The predicted octanol–water partition coefficient (Wildman–Crippen LogP) is 1.54. The number of azide groups is 1. The van der Waals surface area contributed by atoms with Gasteiger partial charge in [-0.2, -0.15) is 0 Å². The van der Waals surface area contributed by atoms with Crippen molar-refractivity contribution in [2.45, 2.75) is 13.0 Å². The monoisotopic (exact) mass is 276 g/mol. The van der Waals surface area contributed by atoms with Crippen molar-refractivity contribution in [3.63, 3.8) is 0 Å². The molecule has 0 fully saturated rings. The van der Waals surface area contributed by atoms with Gasteiger partial charge in [-0.25, -0.2) is 9.36 Å². The number of oxazole rings is 1. The van der Waals surface area contributed by atoms with Crippen LogP contribution in [0.15, 0.2) is 38.6 Å². The van der Waals surface area contributed by atoms with E-state index in [2.05, 4.69) is 10.0 Å². The van der Waals surface area contributed by atoms with E-state index >= 15 is 0 Å². The fourth-order valence-electron chi connectivity index (χ4n) is 1.82. The Kier molecular flexibility index (Phi) is 3.88. The Morgan fingerprint density at radius 2 is 2.25 bits per heavy atom. The molecule has 2 atom stereocenters. The van der Waals surface area contributed by atoms with Gasteiger partial charge in [-0.1, -0.05) is 24.2 Å². The first-order valence-electron chi connectivity index (χ1n) is 5.90. The quantitative estimate of drug-likeness (QED) is 0.517. The smallest absolute Gasteiger partial charge is 0.407 e. The molecule has 1 aromatic heterocycles. The van der Waals surface area contributed by atoms with E-state index in [1.165, 1.54) is 6.92 Å². The van der Waals surface area contributed by atoms with E-state index in [0.29, 0.717) is 11.1 Å². The molecule has 8 nitrogen and oxygen atoms in total. The van der Waals surface area contributed by atoms with Crippen LogP contribution >= 0.6 is 0 Å². The van der Waals surface area contributed by atoms with Gasteiger partial charge in [-0.15, -0.1) is 0 Å². The molecule has 0 radical (unpaired) electrons. The molecule has 1 N–H and O–H groups in total. The maximum Gasteiger partial charge on any atom is 0.426 e. The van der Waals surface area contributed by atoms with Crippen LogP contribution in [-0.2, 0) is 0 Å². The first-order chi connectivity index (χ1) is 9.56. The summed E-state index contributed by atoms with van der Waals surface area (Å²) >= 11 is 0. The third kappa shape index (κ3) is 2.42. The number of benzene rings is 1. The van der Waals surface area contributed by atoms with Crippen LogP contribution in [0.4, 0.5) is 0 Å². The third-order valence-corrected chi connectivity index (χ3v) is 3.01. The number of aromatic nitrogens is 1. The van der Waals surface area contributed by atoms with Crippen LogP contribution in [0, 0.1) is 5.92 Å². The molecular weight excluding hydrogens is 264 g/mol. The van der Waals surface area contributed by atoms with Gasteiger partial charge in [0.2, 0.25) is 5.91 Å².